The van der Waals surface area contributed by atoms with Gasteiger partial charge in [-0.3, -0.25) is 9.59 Å². The molecule has 1 amide bonds. The summed E-state index contributed by atoms with van der Waals surface area (Å²) in [5.41, 5.74) is -0.0756. The van der Waals surface area contributed by atoms with Gasteiger partial charge in [0.1, 0.15) is 23.9 Å². The monoisotopic (exact) mass is 346 g/mol. The Kier molecular flexibility index (Phi) is 3.89. The van der Waals surface area contributed by atoms with E-state index in [1.165, 1.54) is 6.20 Å². The van der Waals surface area contributed by atoms with Crippen LogP contribution in [0.4, 0.5) is 5.95 Å². The fourth-order valence-electron chi connectivity index (χ4n) is 3.17. The first-order valence-electron chi connectivity index (χ1n) is 8.26. The molecular weight excluding hydrogens is 328 g/mol. The van der Waals surface area contributed by atoms with Gasteiger partial charge >= 0.3 is 0 Å². The number of amides is 1. The Labute approximate surface area is 143 Å². The lowest BCUT2D eigenvalue weighted by molar-refractivity contribution is -0.116. The van der Waals surface area contributed by atoms with E-state index in [1.54, 1.807) is 0 Å². The lowest BCUT2D eigenvalue weighted by Gasteiger charge is -2.26. The topological polar surface area (TPSA) is 128 Å². The van der Waals surface area contributed by atoms with Crippen molar-refractivity contribution in [3.05, 3.63) is 23.5 Å². The number of carbonyl (C=O) groups excluding carboxylic acids is 2. The summed E-state index contributed by atoms with van der Waals surface area (Å²) >= 11 is 0. The second kappa shape index (κ2) is 6.08. The normalized spacial score (nSPS) is 28.2. The number of hydrogen-bond acceptors (Lipinski definition) is 8. The highest BCUT2D eigenvalue weighted by Gasteiger charge is 2.53. The van der Waals surface area contributed by atoms with Crippen molar-refractivity contribution < 1.29 is 24.5 Å². The SMILES string of the molecule is O=C(NC1=CC(=O)C2OC2C1O)c1cnc(N2CCCCC2)nc1O. The van der Waals surface area contributed by atoms with Crippen LogP contribution < -0.4 is 10.2 Å². The summed E-state index contributed by atoms with van der Waals surface area (Å²) in [5.74, 6) is -1.05. The van der Waals surface area contributed by atoms with Gasteiger partial charge in [0.25, 0.3) is 5.91 Å². The van der Waals surface area contributed by atoms with Gasteiger partial charge in [-0.25, -0.2) is 4.98 Å². The van der Waals surface area contributed by atoms with Gasteiger partial charge in [0.15, 0.2) is 5.78 Å². The van der Waals surface area contributed by atoms with Crippen molar-refractivity contribution >= 4 is 17.6 Å². The summed E-state index contributed by atoms with van der Waals surface area (Å²) in [6.07, 6.45) is 3.32. The highest BCUT2D eigenvalue weighted by atomic mass is 16.6. The second-order valence-corrected chi connectivity index (χ2v) is 6.38. The average Bonchev–Trinajstić information content (AvgIpc) is 3.41. The average molecular weight is 346 g/mol. The maximum absolute atomic E-state index is 12.3. The largest absolute Gasteiger partial charge is 0.493 e. The molecule has 4 rings (SSSR count). The molecule has 9 heteroatoms. The van der Waals surface area contributed by atoms with Crippen LogP contribution in [0, 0.1) is 0 Å². The Morgan fingerprint density at radius 2 is 2.08 bits per heavy atom. The maximum atomic E-state index is 12.3. The molecule has 25 heavy (non-hydrogen) atoms. The smallest absolute Gasteiger partial charge is 0.262 e. The van der Waals surface area contributed by atoms with E-state index in [0.717, 1.165) is 38.4 Å². The number of nitrogens with zero attached hydrogens (tertiary/aromatic N) is 3. The lowest BCUT2D eigenvalue weighted by atomic mass is 10.0. The number of aromatic nitrogens is 2. The minimum Gasteiger partial charge on any atom is -0.493 e. The zero-order valence-corrected chi connectivity index (χ0v) is 13.4. The number of aliphatic hydroxyl groups excluding tert-OH is 1. The molecule has 0 radical (unpaired) electrons. The number of nitrogens with one attached hydrogen (secondary N) is 1. The van der Waals surface area contributed by atoms with Gasteiger partial charge in [0.2, 0.25) is 11.8 Å². The second-order valence-electron chi connectivity index (χ2n) is 6.38. The summed E-state index contributed by atoms with van der Waals surface area (Å²) in [5, 5.41) is 22.5. The molecule has 0 saturated carbocycles. The predicted octanol–water partition coefficient (Wildman–Crippen LogP) is -0.503. The summed E-state index contributed by atoms with van der Waals surface area (Å²) in [7, 11) is 0. The van der Waals surface area contributed by atoms with Crippen molar-refractivity contribution in [2.24, 2.45) is 0 Å². The number of carbonyl (C=O) groups is 2. The van der Waals surface area contributed by atoms with E-state index in [2.05, 4.69) is 15.3 Å². The third-order valence-electron chi connectivity index (χ3n) is 4.63. The molecule has 2 fully saturated rings. The Morgan fingerprint density at radius 1 is 1.32 bits per heavy atom. The number of rotatable bonds is 3. The minimum absolute atomic E-state index is 0.0493. The number of aromatic hydroxyl groups is 1. The molecule has 1 aromatic rings. The minimum atomic E-state index is -1.08. The molecule has 1 aromatic heterocycles. The van der Waals surface area contributed by atoms with E-state index in [-0.39, 0.29) is 17.0 Å². The van der Waals surface area contributed by atoms with Crippen molar-refractivity contribution in [3.63, 3.8) is 0 Å². The van der Waals surface area contributed by atoms with E-state index in [0.29, 0.717) is 5.95 Å². The molecule has 132 valence electrons. The number of ether oxygens (including phenoxy) is 1. The third-order valence-corrected chi connectivity index (χ3v) is 4.63. The van der Waals surface area contributed by atoms with Gasteiger partial charge < -0.3 is 25.2 Å². The first kappa shape index (κ1) is 16.0. The zero-order chi connectivity index (χ0) is 17.6. The standard InChI is InChI=1S/C16H18N4O5/c21-10-6-9(11(22)13-12(10)25-13)18-14(23)8-7-17-16(19-15(8)24)20-4-2-1-3-5-20/h6-7,11-13,22H,1-5H2,(H,18,23)(H,17,19,24). The molecule has 1 aliphatic carbocycles. The molecule has 3 heterocycles. The van der Waals surface area contributed by atoms with Gasteiger partial charge in [-0.1, -0.05) is 0 Å². The number of epoxide rings is 1. The molecule has 3 aliphatic rings. The van der Waals surface area contributed by atoms with Crippen LogP contribution in [0.15, 0.2) is 18.0 Å². The van der Waals surface area contributed by atoms with Crippen molar-refractivity contribution in [2.75, 3.05) is 18.0 Å². The molecule has 2 saturated heterocycles. The molecule has 3 atom stereocenters. The Bertz CT molecular complexity index is 759. The van der Waals surface area contributed by atoms with Gasteiger partial charge in [-0.2, -0.15) is 4.98 Å². The molecule has 0 aromatic carbocycles. The number of anilines is 1. The number of hydrogen-bond donors (Lipinski definition) is 3. The molecule has 9 nitrogen and oxygen atoms in total. The van der Waals surface area contributed by atoms with Crippen molar-refractivity contribution in [3.8, 4) is 5.88 Å². The van der Waals surface area contributed by atoms with E-state index in [9.17, 15) is 19.8 Å². The summed E-state index contributed by atoms with van der Waals surface area (Å²) in [6.45, 7) is 1.63. The predicted molar refractivity (Wildman–Crippen MR) is 85.0 cm³/mol. The molecular formula is C16H18N4O5. The van der Waals surface area contributed by atoms with Gasteiger partial charge in [-0.05, 0) is 19.3 Å². The first-order valence-corrected chi connectivity index (χ1v) is 8.26. The highest BCUT2D eigenvalue weighted by molar-refractivity contribution is 6.01. The van der Waals surface area contributed by atoms with Crippen LogP contribution >= 0.6 is 0 Å². The third kappa shape index (κ3) is 2.96. The van der Waals surface area contributed by atoms with Crippen LogP contribution in [0.3, 0.4) is 0 Å². The Hall–Kier alpha value is -2.52. The van der Waals surface area contributed by atoms with Crippen molar-refractivity contribution in [1.29, 1.82) is 0 Å². The van der Waals surface area contributed by atoms with Crippen LogP contribution in [0.2, 0.25) is 0 Å². The number of aliphatic hydroxyl groups is 1. The summed E-state index contributed by atoms with van der Waals surface area (Å²) in [4.78, 5) is 34.1. The van der Waals surface area contributed by atoms with Crippen molar-refractivity contribution in [2.45, 2.75) is 37.6 Å². The quantitative estimate of drug-likeness (QED) is 0.625. The highest BCUT2D eigenvalue weighted by Crippen LogP contribution is 2.33. The fourth-order valence-corrected chi connectivity index (χ4v) is 3.17. The molecule has 0 spiro atoms. The van der Waals surface area contributed by atoms with Gasteiger partial charge in [-0.15, -0.1) is 0 Å². The van der Waals surface area contributed by atoms with E-state index in [4.69, 9.17) is 4.74 Å². The number of ketones is 1. The summed E-state index contributed by atoms with van der Waals surface area (Å²) < 4.78 is 5.04. The summed E-state index contributed by atoms with van der Waals surface area (Å²) in [6, 6.07) is 0. The van der Waals surface area contributed by atoms with Crippen molar-refractivity contribution in [1.82, 2.24) is 15.3 Å². The fraction of sp³-hybridized carbons (Fsp3) is 0.500. The van der Waals surface area contributed by atoms with Crippen LogP contribution in [-0.2, 0) is 9.53 Å². The molecule has 3 unspecified atom stereocenters. The van der Waals surface area contributed by atoms with Crippen LogP contribution in [0.1, 0.15) is 29.6 Å². The molecule has 3 N–H and O–H groups in total. The van der Waals surface area contributed by atoms with E-state index >= 15 is 0 Å². The number of fused-ring (bicyclic) bond motifs is 1. The van der Waals surface area contributed by atoms with Gasteiger partial charge in [0, 0.05) is 25.4 Å². The lowest BCUT2D eigenvalue weighted by Crippen LogP contribution is -2.37. The van der Waals surface area contributed by atoms with Gasteiger partial charge in [0.05, 0.1) is 5.70 Å². The van der Waals surface area contributed by atoms with Crippen LogP contribution in [-0.4, -0.2) is 63.3 Å². The molecule has 0 bridgehead atoms. The Balaban J connectivity index is 1.49. The van der Waals surface area contributed by atoms with E-state index in [1.807, 2.05) is 4.90 Å². The number of piperidine rings is 1. The first-order chi connectivity index (χ1) is 12.0. The van der Waals surface area contributed by atoms with Crippen LogP contribution in [0.25, 0.3) is 0 Å². The van der Waals surface area contributed by atoms with Crippen LogP contribution in [0.5, 0.6) is 5.88 Å². The zero-order valence-electron chi connectivity index (χ0n) is 13.4. The Morgan fingerprint density at radius 3 is 2.80 bits per heavy atom. The van der Waals surface area contributed by atoms with E-state index < -0.39 is 30.1 Å². The maximum Gasteiger partial charge on any atom is 0.262 e. The molecule has 2 aliphatic heterocycles.